The van der Waals surface area contributed by atoms with Gasteiger partial charge in [0.1, 0.15) is 5.56 Å². The van der Waals surface area contributed by atoms with Crippen molar-refractivity contribution in [2.45, 2.75) is 13.5 Å². The third kappa shape index (κ3) is 2.45. The van der Waals surface area contributed by atoms with Gasteiger partial charge in [-0.25, -0.2) is 4.98 Å². The van der Waals surface area contributed by atoms with Crippen LogP contribution in [0.15, 0.2) is 28.8 Å². The zero-order chi connectivity index (χ0) is 15.0. The van der Waals surface area contributed by atoms with E-state index in [1.54, 1.807) is 16.3 Å². The molecule has 0 aliphatic rings. The van der Waals surface area contributed by atoms with Crippen LogP contribution in [0.5, 0.6) is 0 Å². The molecule has 7 nitrogen and oxygen atoms in total. The Morgan fingerprint density at radius 1 is 1.48 bits per heavy atom. The molecular weight excluding hydrogens is 290 g/mol. The van der Waals surface area contributed by atoms with Crippen molar-refractivity contribution in [3.05, 3.63) is 51.1 Å². The fraction of sp³-hybridized carbons (Fsp3) is 0.231. The van der Waals surface area contributed by atoms with E-state index in [9.17, 15) is 9.59 Å². The number of nitrogens with zero attached hydrogens (tertiary/aromatic N) is 4. The van der Waals surface area contributed by atoms with Crippen molar-refractivity contribution >= 4 is 22.2 Å². The van der Waals surface area contributed by atoms with Gasteiger partial charge in [-0.15, -0.1) is 11.3 Å². The van der Waals surface area contributed by atoms with Crippen LogP contribution in [-0.2, 0) is 13.6 Å². The summed E-state index contributed by atoms with van der Waals surface area (Å²) in [5, 5.41) is 8.68. The van der Waals surface area contributed by atoms with E-state index >= 15 is 0 Å². The molecule has 8 heteroatoms. The molecule has 0 aliphatic heterocycles. The molecule has 21 heavy (non-hydrogen) atoms. The van der Waals surface area contributed by atoms with Crippen molar-refractivity contribution in [1.29, 1.82) is 0 Å². The van der Waals surface area contributed by atoms with E-state index in [0.29, 0.717) is 11.5 Å². The predicted octanol–water partition coefficient (Wildman–Crippen LogP) is 0.728. The van der Waals surface area contributed by atoms with E-state index in [1.807, 2.05) is 20.2 Å². The first-order chi connectivity index (χ1) is 10.1. The summed E-state index contributed by atoms with van der Waals surface area (Å²) in [6.07, 6.45) is 4.76. The molecular formula is C13H13N5O2S. The normalized spacial score (nSPS) is 11.0. The molecule has 0 fully saturated rings. The van der Waals surface area contributed by atoms with Crippen LogP contribution in [0.25, 0.3) is 4.96 Å². The van der Waals surface area contributed by atoms with Crippen LogP contribution in [0.4, 0.5) is 0 Å². The Hall–Kier alpha value is -2.48. The van der Waals surface area contributed by atoms with E-state index in [1.165, 1.54) is 21.9 Å². The van der Waals surface area contributed by atoms with Crippen molar-refractivity contribution in [3.63, 3.8) is 0 Å². The lowest BCUT2D eigenvalue weighted by Gasteiger charge is -2.04. The van der Waals surface area contributed by atoms with Gasteiger partial charge >= 0.3 is 0 Å². The van der Waals surface area contributed by atoms with Crippen molar-refractivity contribution in [3.8, 4) is 0 Å². The highest BCUT2D eigenvalue weighted by Gasteiger charge is 2.14. The molecule has 3 heterocycles. The van der Waals surface area contributed by atoms with Crippen molar-refractivity contribution < 1.29 is 4.79 Å². The molecule has 0 unspecified atom stereocenters. The first-order valence-corrected chi connectivity index (χ1v) is 7.16. The fourth-order valence-electron chi connectivity index (χ4n) is 2.07. The Morgan fingerprint density at radius 3 is 3.00 bits per heavy atom. The van der Waals surface area contributed by atoms with Crippen LogP contribution in [-0.4, -0.2) is 25.1 Å². The molecule has 3 rings (SSSR count). The van der Waals surface area contributed by atoms with Gasteiger partial charge in [-0.05, 0) is 6.92 Å². The molecule has 3 aromatic heterocycles. The van der Waals surface area contributed by atoms with E-state index in [0.717, 1.165) is 11.3 Å². The Labute approximate surface area is 123 Å². The molecule has 0 atom stereocenters. The SMILES string of the molecule is Cc1nn(C)cc1CNC(=O)c1cnc2sccn2c1=O. The number of aromatic nitrogens is 4. The summed E-state index contributed by atoms with van der Waals surface area (Å²) in [6, 6.07) is 0. The van der Waals surface area contributed by atoms with Crippen LogP contribution in [0.1, 0.15) is 21.6 Å². The van der Waals surface area contributed by atoms with Gasteiger partial charge in [0.25, 0.3) is 11.5 Å². The molecule has 0 saturated carbocycles. The molecule has 0 radical (unpaired) electrons. The van der Waals surface area contributed by atoms with Crippen LogP contribution in [0.3, 0.4) is 0 Å². The summed E-state index contributed by atoms with van der Waals surface area (Å²) < 4.78 is 3.06. The zero-order valence-corrected chi connectivity index (χ0v) is 12.3. The minimum absolute atomic E-state index is 0.0347. The number of hydrogen-bond acceptors (Lipinski definition) is 5. The molecule has 1 amide bonds. The summed E-state index contributed by atoms with van der Waals surface area (Å²) in [4.78, 5) is 29.0. The first kappa shape index (κ1) is 13.5. The zero-order valence-electron chi connectivity index (χ0n) is 11.5. The van der Waals surface area contributed by atoms with Crippen molar-refractivity contribution in [1.82, 2.24) is 24.5 Å². The van der Waals surface area contributed by atoms with Gasteiger partial charge < -0.3 is 5.32 Å². The standard InChI is InChI=1S/C13H13N5O2S/c1-8-9(7-17(2)16-8)5-14-11(19)10-6-15-13-18(12(10)20)3-4-21-13/h3-4,6-7H,5H2,1-2H3,(H,14,19). The summed E-state index contributed by atoms with van der Waals surface area (Å²) in [5.74, 6) is -0.434. The van der Waals surface area contributed by atoms with E-state index in [2.05, 4.69) is 15.4 Å². The number of thiazole rings is 1. The molecule has 1 N–H and O–H groups in total. The molecule has 0 saturated heterocycles. The van der Waals surface area contributed by atoms with Gasteiger partial charge in [-0.2, -0.15) is 5.10 Å². The second-order valence-electron chi connectivity index (χ2n) is 4.63. The maximum atomic E-state index is 12.2. The lowest BCUT2D eigenvalue weighted by Crippen LogP contribution is -2.30. The van der Waals surface area contributed by atoms with E-state index in [-0.39, 0.29) is 11.1 Å². The number of aryl methyl sites for hydroxylation is 2. The van der Waals surface area contributed by atoms with Gasteiger partial charge in [-0.1, -0.05) is 0 Å². The summed E-state index contributed by atoms with van der Waals surface area (Å²) in [5.41, 5.74) is 1.44. The third-order valence-electron chi connectivity index (χ3n) is 3.14. The van der Waals surface area contributed by atoms with Crippen molar-refractivity contribution in [2.24, 2.45) is 7.05 Å². The van der Waals surface area contributed by atoms with Gasteiger partial charge in [0.2, 0.25) is 0 Å². The van der Waals surface area contributed by atoms with Crippen LogP contribution in [0, 0.1) is 6.92 Å². The summed E-state index contributed by atoms with van der Waals surface area (Å²) in [6.45, 7) is 2.19. The third-order valence-corrected chi connectivity index (χ3v) is 3.91. The lowest BCUT2D eigenvalue weighted by molar-refractivity contribution is 0.0949. The average molecular weight is 303 g/mol. The number of amides is 1. The molecule has 0 bridgehead atoms. The fourth-order valence-corrected chi connectivity index (χ4v) is 2.75. The highest BCUT2D eigenvalue weighted by atomic mass is 32.1. The van der Waals surface area contributed by atoms with Gasteiger partial charge in [0.05, 0.1) is 5.69 Å². The number of hydrogen-bond donors (Lipinski definition) is 1. The lowest BCUT2D eigenvalue weighted by atomic mass is 10.2. The minimum atomic E-state index is -0.434. The number of fused-ring (bicyclic) bond motifs is 1. The highest BCUT2D eigenvalue weighted by molar-refractivity contribution is 7.15. The quantitative estimate of drug-likeness (QED) is 0.773. The first-order valence-electron chi connectivity index (χ1n) is 6.28. The van der Waals surface area contributed by atoms with Crippen LogP contribution >= 0.6 is 11.3 Å². The van der Waals surface area contributed by atoms with E-state index < -0.39 is 5.91 Å². The number of rotatable bonds is 3. The molecule has 0 aliphatic carbocycles. The second kappa shape index (κ2) is 5.13. The highest BCUT2D eigenvalue weighted by Crippen LogP contribution is 2.07. The van der Waals surface area contributed by atoms with Crippen molar-refractivity contribution in [2.75, 3.05) is 0 Å². The number of carbonyl (C=O) groups excluding carboxylic acids is 1. The Morgan fingerprint density at radius 2 is 2.29 bits per heavy atom. The van der Waals surface area contributed by atoms with Gasteiger partial charge in [0.15, 0.2) is 4.96 Å². The number of carbonyl (C=O) groups is 1. The van der Waals surface area contributed by atoms with E-state index in [4.69, 9.17) is 0 Å². The maximum Gasteiger partial charge on any atom is 0.271 e. The number of nitrogens with one attached hydrogen (secondary N) is 1. The monoisotopic (exact) mass is 303 g/mol. The van der Waals surface area contributed by atoms with Crippen LogP contribution < -0.4 is 10.9 Å². The smallest absolute Gasteiger partial charge is 0.271 e. The predicted molar refractivity (Wildman–Crippen MR) is 78.5 cm³/mol. The van der Waals surface area contributed by atoms with Gasteiger partial charge in [-0.3, -0.25) is 18.7 Å². The molecule has 0 spiro atoms. The minimum Gasteiger partial charge on any atom is -0.348 e. The molecule has 108 valence electrons. The Bertz CT molecular complexity index is 876. The Kier molecular flexibility index (Phi) is 3.30. The summed E-state index contributed by atoms with van der Waals surface area (Å²) >= 11 is 1.35. The molecule has 0 aromatic carbocycles. The molecule has 3 aromatic rings. The largest absolute Gasteiger partial charge is 0.348 e. The van der Waals surface area contributed by atoms with Gasteiger partial charge in [0, 0.05) is 43.1 Å². The van der Waals surface area contributed by atoms with Crippen LogP contribution in [0.2, 0.25) is 0 Å². The second-order valence-corrected chi connectivity index (χ2v) is 5.50. The Balaban J connectivity index is 1.82. The maximum absolute atomic E-state index is 12.2. The summed E-state index contributed by atoms with van der Waals surface area (Å²) in [7, 11) is 1.82. The average Bonchev–Trinajstić information content (AvgIpc) is 3.03. The topological polar surface area (TPSA) is 81.3 Å².